The molecule has 15 heavy (non-hydrogen) atoms. The number of rotatable bonds is 4. The van der Waals surface area contributed by atoms with E-state index in [9.17, 15) is 4.79 Å². The van der Waals surface area contributed by atoms with Gasteiger partial charge < -0.3 is 20.7 Å². The first-order valence-corrected chi connectivity index (χ1v) is 4.36. The molecule has 0 saturated heterocycles. The van der Waals surface area contributed by atoms with Crippen molar-refractivity contribution in [3.05, 3.63) is 29.8 Å². The number of aromatic hydroxyl groups is 1. The fourth-order valence-electron chi connectivity index (χ4n) is 1.28. The number of aliphatic carboxylic acids is 1. The second-order valence-corrected chi connectivity index (χ2v) is 3.11. The van der Waals surface area contributed by atoms with Gasteiger partial charge in [0, 0.05) is 7.11 Å². The summed E-state index contributed by atoms with van der Waals surface area (Å²) >= 11 is 0. The van der Waals surface area contributed by atoms with Gasteiger partial charge in [0.25, 0.3) is 0 Å². The Hall–Kier alpha value is -1.59. The van der Waals surface area contributed by atoms with Crippen LogP contribution in [0.2, 0.25) is 0 Å². The molecule has 0 heterocycles. The number of ether oxygens (including phenoxy) is 1. The molecular weight excluding hydrogens is 198 g/mol. The number of methoxy groups -OCH3 is 1. The van der Waals surface area contributed by atoms with Gasteiger partial charge in [-0.25, -0.2) is 0 Å². The van der Waals surface area contributed by atoms with Crippen LogP contribution < -0.4 is 5.73 Å². The summed E-state index contributed by atoms with van der Waals surface area (Å²) in [6.45, 7) is 0. The number of hydrogen-bond acceptors (Lipinski definition) is 4. The van der Waals surface area contributed by atoms with Crippen LogP contribution in [0.15, 0.2) is 24.3 Å². The third-order valence-electron chi connectivity index (χ3n) is 2.09. The van der Waals surface area contributed by atoms with Crippen LogP contribution in [0.3, 0.4) is 0 Å². The average Bonchev–Trinajstić information content (AvgIpc) is 2.21. The highest BCUT2D eigenvalue weighted by molar-refractivity contribution is 5.74. The van der Waals surface area contributed by atoms with E-state index in [1.165, 1.54) is 19.2 Å². The minimum Gasteiger partial charge on any atom is -0.508 e. The molecule has 0 aromatic heterocycles. The second kappa shape index (κ2) is 4.77. The topological polar surface area (TPSA) is 92.8 Å². The zero-order chi connectivity index (χ0) is 11.4. The minimum absolute atomic E-state index is 0.109. The summed E-state index contributed by atoms with van der Waals surface area (Å²) in [6, 6.07) is 4.93. The van der Waals surface area contributed by atoms with Crippen LogP contribution in [0.25, 0.3) is 0 Å². The molecule has 0 saturated carbocycles. The van der Waals surface area contributed by atoms with Crippen LogP contribution in [0.5, 0.6) is 5.75 Å². The lowest BCUT2D eigenvalue weighted by molar-refractivity contribution is -0.142. The Balaban J connectivity index is 2.92. The van der Waals surface area contributed by atoms with Gasteiger partial charge in [-0.3, -0.25) is 4.79 Å². The van der Waals surface area contributed by atoms with Gasteiger partial charge in [0.2, 0.25) is 0 Å². The molecule has 1 aromatic rings. The zero-order valence-corrected chi connectivity index (χ0v) is 8.25. The van der Waals surface area contributed by atoms with E-state index in [1.807, 2.05) is 0 Å². The number of carboxylic acid groups (broad SMARTS) is 1. The van der Waals surface area contributed by atoms with E-state index in [1.54, 1.807) is 12.1 Å². The maximum atomic E-state index is 10.7. The molecule has 0 fully saturated rings. The van der Waals surface area contributed by atoms with Gasteiger partial charge >= 0.3 is 5.97 Å². The molecule has 0 aliphatic heterocycles. The Morgan fingerprint density at radius 3 is 2.33 bits per heavy atom. The Labute approximate surface area is 87.1 Å². The van der Waals surface area contributed by atoms with Crippen LogP contribution >= 0.6 is 0 Å². The van der Waals surface area contributed by atoms with Gasteiger partial charge in [0.1, 0.15) is 17.9 Å². The predicted octanol–water partition coefficient (Wildman–Crippen LogP) is 0.492. The average molecular weight is 211 g/mol. The predicted molar refractivity (Wildman–Crippen MR) is 53.5 cm³/mol. The van der Waals surface area contributed by atoms with Crippen molar-refractivity contribution in [1.29, 1.82) is 0 Å². The van der Waals surface area contributed by atoms with Crippen LogP contribution in [-0.4, -0.2) is 29.3 Å². The molecule has 0 spiro atoms. The van der Waals surface area contributed by atoms with Crippen molar-refractivity contribution in [2.75, 3.05) is 7.11 Å². The normalized spacial score (nSPS) is 14.5. The molecule has 0 aliphatic carbocycles. The molecule has 1 aromatic carbocycles. The molecular formula is C10H13NO4. The number of carbonyl (C=O) groups is 1. The zero-order valence-electron chi connectivity index (χ0n) is 8.25. The molecule has 0 radical (unpaired) electrons. The van der Waals surface area contributed by atoms with Crippen molar-refractivity contribution in [2.24, 2.45) is 5.73 Å². The van der Waals surface area contributed by atoms with E-state index in [-0.39, 0.29) is 5.75 Å². The second-order valence-electron chi connectivity index (χ2n) is 3.11. The van der Waals surface area contributed by atoms with Crippen LogP contribution in [0.4, 0.5) is 0 Å². The van der Waals surface area contributed by atoms with Crippen molar-refractivity contribution >= 4 is 5.97 Å². The molecule has 5 nitrogen and oxygen atoms in total. The smallest absolute Gasteiger partial charge is 0.323 e. The molecule has 1 rings (SSSR count). The summed E-state index contributed by atoms with van der Waals surface area (Å²) in [4.78, 5) is 10.7. The number of carboxylic acids is 1. The summed E-state index contributed by atoms with van der Waals surface area (Å²) in [5.74, 6) is -1.02. The van der Waals surface area contributed by atoms with Crippen molar-refractivity contribution in [1.82, 2.24) is 0 Å². The highest BCUT2D eigenvalue weighted by Crippen LogP contribution is 2.21. The highest BCUT2D eigenvalue weighted by Gasteiger charge is 2.25. The summed E-state index contributed by atoms with van der Waals surface area (Å²) < 4.78 is 5.01. The molecule has 0 amide bonds. The number of nitrogens with two attached hydrogens (primary N) is 1. The maximum Gasteiger partial charge on any atom is 0.323 e. The standard InChI is InChI=1S/C10H13NO4/c1-15-9(8(11)10(13)14)6-2-4-7(12)5-3-6/h2-5,8-9,12H,11H2,1H3,(H,13,14)/t8-,9+/m1/s1. The number of phenolic OH excluding ortho intramolecular Hbond substituents is 1. The molecule has 82 valence electrons. The number of benzene rings is 1. The monoisotopic (exact) mass is 211 g/mol. The Bertz CT molecular complexity index is 336. The summed E-state index contributed by atoms with van der Waals surface area (Å²) in [7, 11) is 1.39. The minimum atomic E-state index is -1.13. The fraction of sp³-hybridized carbons (Fsp3) is 0.300. The third-order valence-corrected chi connectivity index (χ3v) is 2.09. The number of phenols is 1. The van der Waals surface area contributed by atoms with Gasteiger partial charge in [-0.05, 0) is 17.7 Å². The SMILES string of the molecule is CO[C@@H](c1ccc(O)cc1)[C@@H](N)C(=O)O. The van der Waals surface area contributed by atoms with E-state index >= 15 is 0 Å². The van der Waals surface area contributed by atoms with Crippen LogP contribution in [0, 0.1) is 0 Å². The van der Waals surface area contributed by atoms with Gasteiger partial charge in [0.15, 0.2) is 0 Å². The van der Waals surface area contributed by atoms with E-state index in [0.717, 1.165) is 0 Å². The van der Waals surface area contributed by atoms with Gasteiger partial charge in [-0.2, -0.15) is 0 Å². The fourth-order valence-corrected chi connectivity index (χ4v) is 1.28. The van der Waals surface area contributed by atoms with Gasteiger partial charge in [-0.15, -0.1) is 0 Å². The van der Waals surface area contributed by atoms with Crippen molar-refractivity contribution in [2.45, 2.75) is 12.1 Å². The first-order valence-electron chi connectivity index (χ1n) is 4.36. The van der Waals surface area contributed by atoms with E-state index in [4.69, 9.17) is 20.7 Å². The van der Waals surface area contributed by atoms with Crippen molar-refractivity contribution in [3.63, 3.8) is 0 Å². The van der Waals surface area contributed by atoms with Crippen molar-refractivity contribution < 1.29 is 19.7 Å². The molecule has 2 atom stereocenters. The summed E-state index contributed by atoms with van der Waals surface area (Å²) in [6.07, 6.45) is -0.719. The quantitative estimate of drug-likeness (QED) is 0.674. The third kappa shape index (κ3) is 2.68. The molecule has 0 bridgehead atoms. The summed E-state index contributed by atoms with van der Waals surface area (Å²) in [5.41, 5.74) is 6.07. The maximum absolute atomic E-state index is 10.7. The first-order chi connectivity index (χ1) is 7.06. The van der Waals surface area contributed by atoms with E-state index in [0.29, 0.717) is 5.56 Å². The Kier molecular flexibility index (Phi) is 3.65. The molecule has 0 aliphatic rings. The highest BCUT2D eigenvalue weighted by atomic mass is 16.5. The van der Waals surface area contributed by atoms with Crippen LogP contribution in [0.1, 0.15) is 11.7 Å². The van der Waals surface area contributed by atoms with E-state index in [2.05, 4.69) is 0 Å². The molecule has 4 N–H and O–H groups in total. The molecule has 5 heteroatoms. The van der Waals surface area contributed by atoms with Gasteiger partial charge in [-0.1, -0.05) is 12.1 Å². The first kappa shape index (κ1) is 11.5. The number of hydrogen-bond donors (Lipinski definition) is 3. The lowest BCUT2D eigenvalue weighted by Gasteiger charge is -2.19. The van der Waals surface area contributed by atoms with E-state index < -0.39 is 18.1 Å². The Morgan fingerprint density at radius 1 is 1.40 bits per heavy atom. The van der Waals surface area contributed by atoms with Gasteiger partial charge in [0.05, 0.1) is 0 Å². The largest absolute Gasteiger partial charge is 0.508 e. The van der Waals surface area contributed by atoms with Crippen LogP contribution in [-0.2, 0) is 9.53 Å². The lowest BCUT2D eigenvalue weighted by atomic mass is 10.0. The van der Waals surface area contributed by atoms with Crippen molar-refractivity contribution in [3.8, 4) is 5.75 Å². The lowest BCUT2D eigenvalue weighted by Crippen LogP contribution is -2.37. The summed E-state index contributed by atoms with van der Waals surface area (Å²) in [5, 5.41) is 17.8. The molecule has 0 unspecified atom stereocenters. The Morgan fingerprint density at radius 2 is 1.93 bits per heavy atom.